The summed E-state index contributed by atoms with van der Waals surface area (Å²) < 4.78 is 24.5. The van der Waals surface area contributed by atoms with Crippen LogP contribution >= 0.6 is 0 Å². The van der Waals surface area contributed by atoms with Crippen LogP contribution in [0.5, 0.6) is 0 Å². The van der Waals surface area contributed by atoms with Crippen LogP contribution in [0.1, 0.15) is 30.4 Å². The molecule has 3 nitrogen and oxygen atoms in total. The fraction of sp³-hybridized carbons (Fsp3) is 0.529. The molecule has 1 aromatic rings. The summed E-state index contributed by atoms with van der Waals surface area (Å²) >= 11 is 0. The molecule has 0 atom stereocenters. The van der Waals surface area contributed by atoms with Crippen LogP contribution in [0.2, 0.25) is 0 Å². The number of ether oxygens (including phenoxy) is 2. The molecule has 1 heterocycles. The first-order valence-electron chi connectivity index (χ1n) is 7.32. The van der Waals surface area contributed by atoms with Gasteiger partial charge in [-0.1, -0.05) is 11.8 Å². The molecular formula is C17H21FO3. The summed E-state index contributed by atoms with van der Waals surface area (Å²) in [5.74, 6) is 5.87. The minimum Gasteiger partial charge on any atom is -0.395 e. The van der Waals surface area contributed by atoms with Crippen LogP contribution < -0.4 is 0 Å². The van der Waals surface area contributed by atoms with Gasteiger partial charge in [0, 0.05) is 25.2 Å². The van der Waals surface area contributed by atoms with Crippen LogP contribution in [0.15, 0.2) is 18.2 Å². The van der Waals surface area contributed by atoms with Crippen molar-refractivity contribution in [3.63, 3.8) is 0 Å². The second kappa shape index (κ2) is 8.78. The average Bonchev–Trinajstić information content (AvgIpc) is 2.48. The normalized spacial score (nSPS) is 15.5. The number of aliphatic hydroxyl groups is 1. The van der Waals surface area contributed by atoms with Gasteiger partial charge in [-0.2, -0.15) is 0 Å². The van der Waals surface area contributed by atoms with Crippen LogP contribution in [-0.2, 0) is 16.1 Å². The summed E-state index contributed by atoms with van der Waals surface area (Å²) in [5.41, 5.74) is 1.41. The lowest BCUT2D eigenvalue weighted by atomic mass is 10.0. The summed E-state index contributed by atoms with van der Waals surface area (Å²) in [6.07, 6.45) is 2.45. The zero-order valence-corrected chi connectivity index (χ0v) is 12.1. The van der Waals surface area contributed by atoms with Crippen LogP contribution in [0, 0.1) is 23.6 Å². The third-order valence-electron chi connectivity index (χ3n) is 3.39. The van der Waals surface area contributed by atoms with Gasteiger partial charge >= 0.3 is 0 Å². The van der Waals surface area contributed by atoms with E-state index in [0.717, 1.165) is 31.6 Å². The van der Waals surface area contributed by atoms with Crippen molar-refractivity contribution >= 4 is 0 Å². The highest BCUT2D eigenvalue weighted by Gasteiger charge is 2.13. The van der Waals surface area contributed by atoms with Crippen LogP contribution in [0.4, 0.5) is 4.39 Å². The first-order valence-corrected chi connectivity index (χ1v) is 7.32. The summed E-state index contributed by atoms with van der Waals surface area (Å²) in [4.78, 5) is 0. The molecule has 1 N–H and O–H groups in total. The second-order valence-electron chi connectivity index (χ2n) is 5.19. The topological polar surface area (TPSA) is 38.7 Å². The van der Waals surface area contributed by atoms with Crippen molar-refractivity contribution < 1.29 is 19.0 Å². The maximum Gasteiger partial charge on any atom is 0.124 e. The van der Waals surface area contributed by atoms with E-state index in [1.807, 2.05) is 6.07 Å². The van der Waals surface area contributed by atoms with Crippen LogP contribution in [0.25, 0.3) is 0 Å². The number of hydrogen-bond donors (Lipinski definition) is 1. The number of aliphatic hydroxyl groups excluding tert-OH is 1. The third-order valence-corrected chi connectivity index (χ3v) is 3.39. The standard InChI is InChI=1S/C17H21FO3/c18-17-10-15(3-1-2-6-19)9-16(11-17)13-21-12-14-4-7-20-8-5-14/h9-11,14,19H,2,4-8,12-13H2. The Hall–Kier alpha value is -1.41. The molecule has 0 saturated carbocycles. The van der Waals surface area contributed by atoms with Gasteiger partial charge in [0.25, 0.3) is 0 Å². The molecular weight excluding hydrogens is 271 g/mol. The molecule has 0 radical (unpaired) electrons. The Bertz CT molecular complexity index is 498. The molecule has 2 rings (SSSR count). The summed E-state index contributed by atoms with van der Waals surface area (Å²) in [7, 11) is 0. The van der Waals surface area contributed by atoms with Crippen molar-refractivity contribution in [1.29, 1.82) is 0 Å². The number of halogens is 1. The van der Waals surface area contributed by atoms with E-state index in [0.29, 0.717) is 31.1 Å². The Morgan fingerprint density at radius 1 is 1.29 bits per heavy atom. The van der Waals surface area contributed by atoms with Gasteiger partial charge in [0.1, 0.15) is 5.82 Å². The van der Waals surface area contributed by atoms with E-state index in [-0.39, 0.29) is 12.4 Å². The van der Waals surface area contributed by atoms with Crippen molar-refractivity contribution in [2.24, 2.45) is 5.92 Å². The first-order chi connectivity index (χ1) is 10.3. The zero-order chi connectivity index (χ0) is 14.9. The molecule has 1 aliphatic rings. The van der Waals surface area contributed by atoms with E-state index in [2.05, 4.69) is 11.8 Å². The molecule has 0 bridgehead atoms. The molecule has 0 unspecified atom stereocenters. The van der Waals surface area contributed by atoms with Gasteiger partial charge in [0.05, 0.1) is 19.8 Å². The molecule has 1 fully saturated rings. The molecule has 0 amide bonds. The zero-order valence-electron chi connectivity index (χ0n) is 12.1. The van der Waals surface area contributed by atoms with Gasteiger partial charge in [-0.3, -0.25) is 0 Å². The maximum atomic E-state index is 13.5. The van der Waals surface area contributed by atoms with Crippen molar-refractivity contribution in [2.75, 3.05) is 26.4 Å². The van der Waals surface area contributed by atoms with Gasteiger partial charge in [-0.05, 0) is 42.5 Å². The SMILES string of the molecule is OCCC#Cc1cc(F)cc(COCC2CCOCC2)c1. The Morgan fingerprint density at radius 3 is 2.86 bits per heavy atom. The van der Waals surface area contributed by atoms with E-state index in [4.69, 9.17) is 14.6 Å². The summed E-state index contributed by atoms with van der Waals surface area (Å²) in [5, 5.41) is 8.69. The Labute approximate surface area is 125 Å². The first kappa shape index (κ1) is 16.0. The molecule has 0 spiro atoms. The fourth-order valence-electron chi connectivity index (χ4n) is 2.28. The Morgan fingerprint density at radius 2 is 2.10 bits per heavy atom. The van der Waals surface area contributed by atoms with Crippen molar-refractivity contribution in [3.05, 3.63) is 35.1 Å². The smallest absolute Gasteiger partial charge is 0.124 e. The third kappa shape index (κ3) is 5.84. The molecule has 0 aromatic heterocycles. The lowest BCUT2D eigenvalue weighted by Crippen LogP contribution is -2.20. The highest BCUT2D eigenvalue weighted by molar-refractivity contribution is 5.37. The van der Waals surface area contributed by atoms with Crippen molar-refractivity contribution in [3.8, 4) is 11.8 Å². The second-order valence-corrected chi connectivity index (χ2v) is 5.19. The van der Waals surface area contributed by atoms with Gasteiger partial charge in [0.2, 0.25) is 0 Å². The monoisotopic (exact) mass is 292 g/mol. The summed E-state index contributed by atoms with van der Waals surface area (Å²) in [6, 6.07) is 4.70. The number of hydrogen-bond acceptors (Lipinski definition) is 3. The quantitative estimate of drug-likeness (QED) is 0.848. The minimum absolute atomic E-state index is 0.0172. The molecule has 21 heavy (non-hydrogen) atoms. The molecule has 1 aromatic carbocycles. The van der Waals surface area contributed by atoms with E-state index < -0.39 is 0 Å². The van der Waals surface area contributed by atoms with Gasteiger partial charge in [-0.25, -0.2) is 4.39 Å². The number of benzene rings is 1. The largest absolute Gasteiger partial charge is 0.395 e. The van der Waals surface area contributed by atoms with E-state index in [9.17, 15) is 4.39 Å². The molecule has 114 valence electrons. The maximum absolute atomic E-state index is 13.5. The van der Waals surface area contributed by atoms with Gasteiger partial charge in [-0.15, -0.1) is 0 Å². The van der Waals surface area contributed by atoms with Crippen molar-refractivity contribution in [2.45, 2.75) is 25.9 Å². The highest BCUT2D eigenvalue weighted by atomic mass is 19.1. The van der Waals surface area contributed by atoms with Gasteiger partial charge < -0.3 is 14.6 Å². The Kier molecular flexibility index (Phi) is 6.68. The summed E-state index contributed by atoms with van der Waals surface area (Å²) in [6.45, 7) is 2.70. The van der Waals surface area contributed by atoms with E-state index in [1.165, 1.54) is 12.1 Å². The average molecular weight is 292 g/mol. The van der Waals surface area contributed by atoms with Gasteiger partial charge in [0.15, 0.2) is 0 Å². The minimum atomic E-state index is -0.310. The lowest BCUT2D eigenvalue weighted by molar-refractivity contribution is 0.0157. The van der Waals surface area contributed by atoms with Crippen molar-refractivity contribution in [1.82, 2.24) is 0 Å². The molecule has 0 aliphatic carbocycles. The molecule has 1 aliphatic heterocycles. The fourth-order valence-corrected chi connectivity index (χ4v) is 2.28. The molecule has 4 heteroatoms. The predicted octanol–water partition coefficient (Wildman–Crippen LogP) is 2.50. The van der Waals surface area contributed by atoms with Crippen LogP contribution in [-0.4, -0.2) is 31.5 Å². The van der Waals surface area contributed by atoms with Crippen LogP contribution in [0.3, 0.4) is 0 Å². The highest BCUT2D eigenvalue weighted by Crippen LogP contribution is 2.16. The van der Waals surface area contributed by atoms with E-state index >= 15 is 0 Å². The Balaban J connectivity index is 1.86. The lowest BCUT2D eigenvalue weighted by Gasteiger charge is -2.21. The number of rotatable bonds is 5. The molecule has 1 saturated heterocycles. The predicted molar refractivity (Wildman–Crippen MR) is 78.2 cm³/mol. The van der Waals surface area contributed by atoms with E-state index in [1.54, 1.807) is 0 Å².